The van der Waals surface area contributed by atoms with Crippen molar-refractivity contribution in [3.8, 4) is 11.3 Å². The molecule has 16 heavy (non-hydrogen) atoms. The summed E-state index contributed by atoms with van der Waals surface area (Å²) in [6, 6.07) is 3.87. The molecule has 0 radical (unpaired) electrons. The van der Waals surface area contributed by atoms with E-state index in [1.54, 1.807) is 18.7 Å². The molecule has 0 spiro atoms. The molecule has 0 saturated heterocycles. The zero-order valence-electron chi connectivity index (χ0n) is 8.91. The summed E-state index contributed by atoms with van der Waals surface area (Å²) in [4.78, 5) is 18.5. The molecule has 0 aliphatic rings. The molecular weight excluding hydrogens is 202 g/mol. The summed E-state index contributed by atoms with van der Waals surface area (Å²) >= 11 is 0. The van der Waals surface area contributed by atoms with Gasteiger partial charge in [0.25, 0.3) is 0 Å². The number of imidazole rings is 1. The lowest BCUT2D eigenvalue weighted by Gasteiger charge is -1.97. The molecule has 82 valence electrons. The number of unbranched alkanes of at least 4 members (excludes halogenated alkanes) is 1. The summed E-state index contributed by atoms with van der Waals surface area (Å²) in [5.41, 5.74) is 1.93. The number of carbonyl (C=O) groups excluding carboxylic acids is 1. The van der Waals surface area contributed by atoms with Gasteiger partial charge in [-0.15, -0.1) is 0 Å². The van der Waals surface area contributed by atoms with Gasteiger partial charge >= 0.3 is 0 Å². The van der Waals surface area contributed by atoms with Crippen molar-refractivity contribution in [1.29, 1.82) is 0 Å². The van der Waals surface area contributed by atoms with E-state index in [4.69, 9.17) is 0 Å². The normalized spacial score (nSPS) is 10.2. The van der Waals surface area contributed by atoms with E-state index in [0.29, 0.717) is 6.42 Å². The summed E-state index contributed by atoms with van der Waals surface area (Å²) in [6.07, 6.45) is 9.68. The smallest absolute Gasteiger partial charge is 0.120 e. The topological polar surface area (TPSA) is 47.8 Å². The molecule has 0 saturated carbocycles. The minimum Gasteiger partial charge on any atom is -0.337 e. The Labute approximate surface area is 94.0 Å². The Hall–Kier alpha value is -1.97. The van der Waals surface area contributed by atoms with Gasteiger partial charge in [0.15, 0.2) is 0 Å². The fourth-order valence-electron chi connectivity index (χ4n) is 1.50. The summed E-state index contributed by atoms with van der Waals surface area (Å²) in [5.74, 6) is 0. The second kappa shape index (κ2) is 5.21. The molecule has 0 unspecified atom stereocenters. The maximum atomic E-state index is 10.2. The highest BCUT2D eigenvalue weighted by atomic mass is 16.1. The lowest BCUT2D eigenvalue weighted by molar-refractivity contribution is -0.107. The Balaban J connectivity index is 2.05. The monoisotopic (exact) mass is 215 g/mol. The number of hydrogen-bond donors (Lipinski definition) is 0. The minimum absolute atomic E-state index is 0.598. The Bertz CT molecular complexity index is 450. The highest BCUT2D eigenvalue weighted by molar-refractivity contribution is 5.56. The van der Waals surface area contributed by atoms with Gasteiger partial charge in [-0.25, -0.2) is 4.98 Å². The van der Waals surface area contributed by atoms with Crippen LogP contribution in [-0.4, -0.2) is 20.8 Å². The Morgan fingerprint density at radius 2 is 2.38 bits per heavy atom. The van der Waals surface area contributed by atoms with Crippen LogP contribution in [0.25, 0.3) is 11.3 Å². The van der Waals surface area contributed by atoms with Crippen molar-refractivity contribution >= 4 is 6.29 Å². The largest absolute Gasteiger partial charge is 0.337 e. The number of pyridine rings is 1. The van der Waals surface area contributed by atoms with E-state index in [-0.39, 0.29) is 0 Å². The van der Waals surface area contributed by atoms with Crippen molar-refractivity contribution in [3.63, 3.8) is 0 Å². The zero-order valence-corrected chi connectivity index (χ0v) is 8.91. The molecule has 0 N–H and O–H groups in total. The third kappa shape index (κ3) is 2.53. The Kier molecular flexibility index (Phi) is 3.43. The average Bonchev–Trinajstić information content (AvgIpc) is 2.79. The zero-order chi connectivity index (χ0) is 11.2. The van der Waals surface area contributed by atoms with Crippen molar-refractivity contribution in [2.24, 2.45) is 0 Å². The SMILES string of the molecule is O=CCCCn1cnc(-c2cccnc2)c1. The van der Waals surface area contributed by atoms with Crippen LogP contribution >= 0.6 is 0 Å². The first-order chi connectivity index (χ1) is 7.90. The third-order valence-corrected chi connectivity index (χ3v) is 2.33. The van der Waals surface area contributed by atoms with Crippen LogP contribution in [-0.2, 0) is 11.3 Å². The van der Waals surface area contributed by atoms with E-state index >= 15 is 0 Å². The first-order valence-electron chi connectivity index (χ1n) is 5.26. The van der Waals surface area contributed by atoms with Crippen LogP contribution < -0.4 is 0 Å². The lowest BCUT2D eigenvalue weighted by Crippen LogP contribution is -1.94. The van der Waals surface area contributed by atoms with E-state index < -0.39 is 0 Å². The molecule has 2 aromatic heterocycles. The molecular formula is C12H13N3O. The van der Waals surface area contributed by atoms with Crippen molar-refractivity contribution < 1.29 is 4.79 Å². The van der Waals surface area contributed by atoms with Crippen molar-refractivity contribution in [2.45, 2.75) is 19.4 Å². The molecule has 0 bridgehead atoms. The van der Waals surface area contributed by atoms with E-state index in [9.17, 15) is 4.79 Å². The van der Waals surface area contributed by atoms with Gasteiger partial charge in [-0.05, 0) is 18.6 Å². The molecule has 4 heteroatoms. The second-order valence-corrected chi connectivity index (χ2v) is 3.55. The van der Waals surface area contributed by atoms with Crippen LogP contribution in [0.5, 0.6) is 0 Å². The number of rotatable bonds is 5. The highest BCUT2D eigenvalue weighted by Gasteiger charge is 2.01. The molecule has 0 atom stereocenters. The molecule has 2 rings (SSSR count). The van der Waals surface area contributed by atoms with Crippen LogP contribution in [0.3, 0.4) is 0 Å². The third-order valence-electron chi connectivity index (χ3n) is 2.33. The van der Waals surface area contributed by atoms with Crippen molar-refractivity contribution in [1.82, 2.24) is 14.5 Å². The minimum atomic E-state index is 0.598. The number of hydrogen-bond acceptors (Lipinski definition) is 3. The first kappa shape index (κ1) is 10.5. The van der Waals surface area contributed by atoms with Crippen LogP contribution in [0.4, 0.5) is 0 Å². The molecule has 0 aliphatic heterocycles. The number of aldehydes is 1. The quantitative estimate of drug-likeness (QED) is 0.565. The summed E-state index contributed by atoms with van der Waals surface area (Å²) in [6.45, 7) is 0.825. The van der Waals surface area contributed by atoms with Gasteiger partial charge in [0.1, 0.15) is 6.29 Å². The number of aryl methyl sites for hydroxylation is 1. The Morgan fingerprint density at radius 3 is 3.12 bits per heavy atom. The van der Waals surface area contributed by atoms with E-state index in [0.717, 1.165) is 30.5 Å². The predicted molar refractivity (Wildman–Crippen MR) is 60.8 cm³/mol. The molecule has 4 nitrogen and oxygen atoms in total. The van der Waals surface area contributed by atoms with Gasteiger partial charge in [-0.1, -0.05) is 0 Å². The second-order valence-electron chi connectivity index (χ2n) is 3.55. The van der Waals surface area contributed by atoms with Gasteiger partial charge in [0.05, 0.1) is 12.0 Å². The summed E-state index contributed by atoms with van der Waals surface area (Å²) in [7, 11) is 0. The van der Waals surface area contributed by atoms with E-state index in [1.807, 2.05) is 22.9 Å². The molecule has 2 heterocycles. The molecule has 0 fully saturated rings. The maximum absolute atomic E-state index is 10.2. The van der Waals surface area contributed by atoms with Crippen LogP contribution in [0, 0.1) is 0 Å². The number of aromatic nitrogens is 3. The lowest BCUT2D eigenvalue weighted by atomic mass is 10.2. The van der Waals surface area contributed by atoms with Crippen molar-refractivity contribution in [2.75, 3.05) is 0 Å². The maximum Gasteiger partial charge on any atom is 0.120 e. The van der Waals surface area contributed by atoms with Gasteiger partial charge in [-0.2, -0.15) is 0 Å². The highest BCUT2D eigenvalue weighted by Crippen LogP contribution is 2.14. The van der Waals surface area contributed by atoms with Crippen LogP contribution in [0.1, 0.15) is 12.8 Å². The van der Waals surface area contributed by atoms with E-state index in [1.165, 1.54) is 0 Å². The van der Waals surface area contributed by atoms with Crippen molar-refractivity contribution in [3.05, 3.63) is 37.1 Å². The fourth-order valence-corrected chi connectivity index (χ4v) is 1.50. The Morgan fingerprint density at radius 1 is 1.44 bits per heavy atom. The average molecular weight is 215 g/mol. The molecule has 0 amide bonds. The van der Waals surface area contributed by atoms with Crippen LogP contribution in [0.15, 0.2) is 37.1 Å². The fraction of sp³-hybridized carbons (Fsp3) is 0.250. The van der Waals surface area contributed by atoms with Gasteiger partial charge < -0.3 is 9.36 Å². The number of carbonyl (C=O) groups is 1. The molecule has 0 aliphatic carbocycles. The first-order valence-corrected chi connectivity index (χ1v) is 5.26. The number of nitrogens with zero attached hydrogens (tertiary/aromatic N) is 3. The van der Waals surface area contributed by atoms with Gasteiger partial charge in [-0.3, -0.25) is 4.98 Å². The predicted octanol–water partition coefficient (Wildman–Crippen LogP) is 1.92. The summed E-state index contributed by atoms with van der Waals surface area (Å²) < 4.78 is 1.99. The van der Waals surface area contributed by atoms with E-state index in [2.05, 4.69) is 9.97 Å². The summed E-state index contributed by atoms with van der Waals surface area (Å²) in [5, 5.41) is 0. The molecule has 0 aromatic carbocycles. The van der Waals surface area contributed by atoms with Gasteiger partial charge in [0.2, 0.25) is 0 Å². The molecule has 2 aromatic rings. The standard InChI is InChI=1S/C12H13N3O/c16-7-2-1-6-15-9-12(14-10-15)11-4-3-5-13-8-11/h3-5,7-10H,1-2,6H2. The van der Waals surface area contributed by atoms with Gasteiger partial charge in [0, 0.05) is 37.1 Å². The van der Waals surface area contributed by atoms with Crippen LogP contribution in [0.2, 0.25) is 0 Å².